The number of likely N-dealkylation sites (tertiary alicyclic amines) is 1. The minimum absolute atomic E-state index is 0.0105. The molecule has 1 N–H and O–H groups in total. The van der Waals surface area contributed by atoms with Crippen molar-refractivity contribution in [2.75, 3.05) is 53.0 Å². The molecule has 2 aliphatic heterocycles. The van der Waals surface area contributed by atoms with Gasteiger partial charge in [-0.2, -0.15) is 23.4 Å². The van der Waals surface area contributed by atoms with Crippen molar-refractivity contribution in [3.05, 3.63) is 35.2 Å². The van der Waals surface area contributed by atoms with E-state index in [9.17, 15) is 18.0 Å². The van der Waals surface area contributed by atoms with E-state index < -0.39 is 12.6 Å². The maximum Gasteiger partial charge on any atom is 0.393 e. The van der Waals surface area contributed by atoms with Crippen LogP contribution in [-0.2, 0) is 16.0 Å². The summed E-state index contributed by atoms with van der Waals surface area (Å²) >= 11 is 1.38. The standard InChI is InChI=1S/C26H29F3N8O3S/c1-39-19-10-17(13-37-24(19)31-15-32-37)22-18(11-26(27,28)29)23(34-33-22)25-30-12-20(41-25)16-2-4-35(5-3-16)14-21(38)36-6-8-40-9-7-36/h10,12-13,15-16H,2-9,11,14H2,1H3,(H,33,34). The highest BCUT2D eigenvalue weighted by Gasteiger charge is 2.34. The van der Waals surface area contributed by atoms with E-state index in [2.05, 4.69) is 30.2 Å². The zero-order chi connectivity index (χ0) is 28.6. The first-order valence-corrected chi connectivity index (χ1v) is 14.2. The van der Waals surface area contributed by atoms with Crippen LogP contribution in [0, 0.1) is 0 Å². The highest BCUT2D eigenvalue weighted by Crippen LogP contribution is 2.40. The third kappa shape index (κ3) is 5.92. The molecule has 0 bridgehead atoms. The van der Waals surface area contributed by atoms with Crippen molar-refractivity contribution >= 4 is 22.9 Å². The fourth-order valence-electron chi connectivity index (χ4n) is 5.40. The molecule has 0 atom stereocenters. The lowest BCUT2D eigenvalue weighted by molar-refractivity contribution is -0.136. The first kappa shape index (κ1) is 27.6. The zero-order valence-electron chi connectivity index (χ0n) is 22.4. The lowest BCUT2D eigenvalue weighted by Crippen LogP contribution is -2.47. The molecule has 0 aliphatic carbocycles. The molecular weight excluding hydrogens is 561 g/mol. The molecular formula is C26H29F3N8O3S. The summed E-state index contributed by atoms with van der Waals surface area (Å²) in [5.41, 5.74) is 1.28. The third-order valence-corrected chi connectivity index (χ3v) is 8.71. The number of methoxy groups -OCH3 is 1. The Hall–Kier alpha value is -3.56. The quantitative estimate of drug-likeness (QED) is 0.349. The Labute approximate surface area is 237 Å². The number of morpholine rings is 1. The van der Waals surface area contributed by atoms with E-state index in [-0.39, 0.29) is 28.8 Å². The van der Waals surface area contributed by atoms with Gasteiger partial charge in [-0.05, 0) is 37.9 Å². The van der Waals surface area contributed by atoms with Crippen molar-refractivity contribution in [1.82, 2.24) is 39.6 Å². The van der Waals surface area contributed by atoms with E-state index >= 15 is 0 Å². The van der Waals surface area contributed by atoms with Crippen molar-refractivity contribution in [3.63, 3.8) is 0 Å². The fourth-order valence-corrected chi connectivity index (χ4v) is 6.51. The Morgan fingerprint density at radius 1 is 1.20 bits per heavy atom. The van der Waals surface area contributed by atoms with E-state index in [0.717, 1.165) is 30.8 Å². The fraction of sp³-hybridized carbons (Fsp3) is 0.500. The first-order valence-electron chi connectivity index (χ1n) is 13.3. The Kier molecular flexibility index (Phi) is 7.66. The predicted molar refractivity (Wildman–Crippen MR) is 144 cm³/mol. The molecule has 6 rings (SSSR count). The van der Waals surface area contributed by atoms with Gasteiger partial charge in [-0.15, -0.1) is 11.3 Å². The number of aromatic nitrogens is 6. The predicted octanol–water partition coefficient (Wildman–Crippen LogP) is 3.39. The molecule has 0 unspecified atom stereocenters. The SMILES string of the molecule is COc1cc(-c2n[nH]c(-c3ncc(C4CCN(CC(=O)N5CCOCC5)CC4)s3)c2CC(F)(F)F)cn2ncnc12. The molecule has 2 aliphatic rings. The van der Waals surface area contributed by atoms with Gasteiger partial charge >= 0.3 is 6.18 Å². The van der Waals surface area contributed by atoms with Crippen LogP contribution in [0.15, 0.2) is 24.8 Å². The Morgan fingerprint density at radius 2 is 1.98 bits per heavy atom. The summed E-state index contributed by atoms with van der Waals surface area (Å²) < 4.78 is 53.4. The van der Waals surface area contributed by atoms with E-state index in [1.165, 1.54) is 29.3 Å². The van der Waals surface area contributed by atoms with Gasteiger partial charge in [-0.1, -0.05) is 0 Å². The average molecular weight is 591 g/mol. The van der Waals surface area contributed by atoms with Crippen molar-refractivity contribution in [2.24, 2.45) is 0 Å². The number of amides is 1. The zero-order valence-corrected chi connectivity index (χ0v) is 23.2. The molecule has 0 aromatic carbocycles. The number of alkyl halides is 3. The number of thiazole rings is 1. The van der Waals surface area contributed by atoms with Gasteiger partial charge in [0.25, 0.3) is 0 Å². The van der Waals surface area contributed by atoms with Crippen LogP contribution in [0.1, 0.15) is 29.2 Å². The summed E-state index contributed by atoms with van der Waals surface area (Å²) in [4.78, 5) is 26.3. The molecule has 6 heterocycles. The molecule has 41 heavy (non-hydrogen) atoms. The van der Waals surface area contributed by atoms with Gasteiger partial charge in [0.2, 0.25) is 5.91 Å². The minimum atomic E-state index is -4.46. The molecule has 4 aromatic heterocycles. The highest BCUT2D eigenvalue weighted by atomic mass is 32.1. The summed E-state index contributed by atoms with van der Waals surface area (Å²) in [6, 6.07) is 1.61. The van der Waals surface area contributed by atoms with Crippen LogP contribution in [0.3, 0.4) is 0 Å². The van der Waals surface area contributed by atoms with Crippen LogP contribution in [0.2, 0.25) is 0 Å². The first-order chi connectivity index (χ1) is 19.8. The van der Waals surface area contributed by atoms with Gasteiger partial charge in [0.1, 0.15) is 11.3 Å². The van der Waals surface area contributed by atoms with Gasteiger partial charge in [0.15, 0.2) is 11.4 Å². The maximum atomic E-state index is 13.8. The summed E-state index contributed by atoms with van der Waals surface area (Å²) in [6.07, 6.45) is 0.741. The van der Waals surface area contributed by atoms with Crippen LogP contribution in [0.4, 0.5) is 13.2 Å². The molecule has 4 aromatic rings. The van der Waals surface area contributed by atoms with Crippen LogP contribution in [0.25, 0.3) is 27.6 Å². The maximum absolute atomic E-state index is 13.8. The van der Waals surface area contributed by atoms with Crippen molar-refractivity contribution < 1.29 is 27.4 Å². The molecule has 11 nitrogen and oxygen atoms in total. The van der Waals surface area contributed by atoms with Crippen LogP contribution < -0.4 is 4.74 Å². The topological polar surface area (TPSA) is 114 Å². The second-order valence-electron chi connectivity index (χ2n) is 10.2. The number of halogens is 3. The molecule has 0 saturated carbocycles. The number of piperidine rings is 1. The van der Waals surface area contributed by atoms with E-state index in [1.807, 2.05) is 4.90 Å². The second kappa shape index (κ2) is 11.4. The number of hydrogen-bond acceptors (Lipinski definition) is 9. The number of nitrogens with zero attached hydrogens (tertiary/aromatic N) is 7. The summed E-state index contributed by atoms with van der Waals surface area (Å²) in [7, 11) is 1.46. The number of H-pyrrole nitrogens is 1. The number of rotatable bonds is 7. The summed E-state index contributed by atoms with van der Waals surface area (Å²) in [6.45, 7) is 4.36. The van der Waals surface area contributed by atoms with E-state index in [1.54, 1.807) is 18.5 Å². The second-order valence-corrected chi connectivity index (χ2v) is 11.2. The van der Waals surface area contributed by atoms with E-state index in [4.69, 9.17) is 9.47 Å². The normalized spacial score (nSPS) is 17.4. The lowest BCUT2D eigenvalue weighted by atomic mass is 9.96. The smallest absolute Gasteiger partial charge is 0.393 e. The summed E-state index contributed by atoms with van der Waals surface area (Å²) in [5, 5.41) is 11.7. The van der Waals surface area contributed by atoms with Crippen LogP contribution in [0.5, 0.6) is 5.75 Å². The van der Waals surface area contributed by atoms with Gasteiger partial charge in [0.05, 0.1) is 44.7 Å². The molecule has 0 radical (unpaired) electrons. The minimum Gasteiger partial charge on any atom is -0.493 e. The molecule has 15 heteroatoms. The molecule has 218 valence electrons. The Morgan fingerprint density at radius 3 is 2.71 bits per heavy atom. The molecule has 2 saturated heterocycles. The number of fused-ring (bicyclic) bond motifs is 1. The van der Waals surface area contributed by atoms with Gasteiger partial charge in [0, 0.05) is 41.5 Å². The van der Waals surface area contributed by atoms with Crippen LogP contribution in [-0.4, -0.2) is 105 Å². The average Bonchev–Trinajstić information content (AvgIpc) is 3.72. The highest BCUT2D eigenvalue weighted by molar-refractivity contribution is 7.15. The van der Waals surface area contributed by atoms with E-state index in [0.29, 0.717) is 54.8 Å². The monoisotopic (exact) mass is 590 g/mol. The van der Waals surface area contributed by atoms with Crippen molar-refractivity contribution in [3.8, 4) is 27.7 Å². The van der Waals surface area contributed by atoms with Crippen LogP contribution >= 0.6 is 11.3 Å². The van der Waals surface area contributed by atoms with Gasteiger partial charge < -0.3 is 14.4 Å². The lowest BCUT2D eigenvalue weighted by Gasteiger charge is -2.33. The van der Waals surface area contributed by atoms with Gasteiger partial charge in [-0.25, -0.2) is 14.5 Å². The molecule has 1 amide bonds. The van der Waals surface area contributed by atoms with Gasteiger partial charge in [-0.3, -0.25) is 14.8 Å². The molecule has 0 spiro atoms. The number of carbonyl (C=O) groups is 1. The number of ether oxygens (including phenoxy) is 2. The number of aromatic amines is 1. The third-order valence-electron chi connectivity index (χ3n) is 7.53. The number of carbonyl (C=O) groups excluding carboxylic acids is 1. The molecule has 2 fully saturated rings. The Bertz CT molecular complexity index is 1520. The van der Waals surface area contributed by atoms with Crippen molar-refractivity contribution in [2.45, 2.75) is 31.4 Å². The number of nitrogens with one attached hydrogen (secondary N) is 1. The number of pyridine rings is 1. The Balaban J connectivity index is 1.20. The van der Waals surface area contributed by atoms with Crippen molar-refractivity contribution in [1.29, 1.82) is 0 Å². The largest absolute Gasteiger partial charge is 0.493 e. The summed E-state index contributed by atoms with van der Waals surface area (Å²) in [5.74, 6) is 0.722. The number of hydrogen-bond donors (Lipinski definition) is 1.